The number of hydrogen-bond donors (Lipinski definition) is 2. The number of aliphatic hydroxyl groups excluding tert-OH is 2. The molecule has 136 valence electrons. The minimum atomic E-state index is -0.583. The zero-order valence-electron chi connectivity index (χ0n) is 14.8. The number of aliphatic hydroxyl groups is 2. The summed E-state index contributed by atoms with van der Waals surface area (Å²) in [7, 11) is 1.59. The van der Waals surface area contributed by atoms with E-state index in [1.165, 1.54) is 15.9 Å². The second kappa shape index (κ2) is 7.07. The van der Waals surface area contributed by atoms with Gasteiger partial charge in [0.05, 0.1) is 11.6 Å². The van der Waals surface area contributed by atoms with Crippen molar-refractivity contribution >= 4 is 17.5 Å². The van der Waals surface area contributed by atoms with Crippen molar-refractivity contribution in [3.8, 4) is 0 Å². The van der Waals surface area contributed by atoms with Crippen LogP contribution in [0.25, 0.3) is 0 Å². The smallest absolute Gasteiger partial charge is 0.267 e. The Labute approximate surface area is 152 Å². The molecule has 1 aliphatic carbocycles. The number of para-hydroxylation sites is 1. The summed E-state index contributed by atoms with van der Waals surface area (Å²) in [6, 6.07) is 8.52. The Morgan fingerprint density at radius 3 is 2.62 bits per heavy atom. The molecular formula is C20H22N2O4. The van der Waals surface area contributed by atoms with Crippen LogP contribution in [0, 0.1) is 0 Å². The standard InChI is InChI=1S/C20H22N2O4/c1-3-22(13-9-5-4-6-10-13)20(26)17-18(24)16-14(21(2)19(17)25)11-7-8-12-15(16)23/h4-6,8-10,12,14,23-24H,3,7,11H2,1-2H3. The molecule has 1 aromatic carbocycles. The number of nitrogens with zero attached hydrogens (tertiary/aromatic N) is 2. The first-order valence-electron chi connectivity index (χ1n) is 8.64. The lowest BCUT2D eigenvalue weighted by molar-refractivity contribution is -0.131. The van der Waals surface area contributed by atoms with Crippen molar-refractivity contribution < 1.29 is 19.8 Å². The third kappa shape index (κ3) is 2.87. The normalized spacial score (nSPS) is 20.2. The molecule has 1 aromatic rings. The van der Waals surface area contributed by atoms with Crippen LogP contribution in [0.1, 0.15) is 19.8 Å². The number of carbonyl (C=O) groups is 2. The summed E-state index contributed by atoms with van der Waals surface area (Å²) in [6.07, 6.45) is 4.53. The van der Waals surface area contributed by atoms with Gasteiger partial charge < -0.3 is 20.0 Å². The molecule has 0 fully saturated rings. The van der Waals surface area contributed by atoms with Gasteiger partial charge in [0.25, 0.3) is 11.8 Å². The summed E-state index contributed by atoms with van der Waals surface area (Å²) >= 11 is 0. The van der Waals surface area contributed by atoms with Gasteiger partial charge in [0, 0.05) is 19.3 Å². The van der Waals surface area contributed by atoms with Crippen molar-refractivity contribution in [3.63, 3.8) is 0 Å². The lowest BCUT2D eigenvalue weighted by Gasteiger charge is -2.36. The molecule has 1 unspecified atom stereocenters. The molecule has 0 saturated carbocycles. The van der Waals surface area contributed by atoms with E-state index in [4.69, 9.17) is 0 Å². The van der Waals surface area contributed by atoms with Gasteiger partial charge in [0.2, 0.25) is 0 Å². The van der Waals surface area contributed by atoms with Gasteiger partial charge in [-0.2, -0.15) is 0 Å². The Balaban J connectivity index is 2.11. The van der Waals surface area contributed by atoms with Gasteiger partial charge in [-0.15, -0.1) is 0 Å². The van der Waals surface area contributed by atoms with Crippen molar-refractivity contribution in [1.82, 2.24) is 4.90 Å². The van der Waals surface area contributed by atoms with E-state index >= 15 is 0 Å². The third-order valence-corrected chi connectivity index (χ3v) is 4.83. The van der Waals surface area contributed by atoms with Crippen molar-refractivity contribution in [3.05, 3.63) is 65.1 Å². The predicted molar refractivity (Wildman–Crippen MR) is 98.7 cm³/mol. The second-order valence-electron chi connectivity index (χ2n) is 6.32. The SMILES string of the molecule is CCN(C(=O)C1=C(O)C2=C(O)C=CCCC2N(C)C1=O)c1ccccc1. The maximum absolute atomic E-state index is 13.1. The lowest BCUT2D eigenvalue weighted by atomic mass is 9.91. The highest BCUT2D eigenvalue weighted by molar-refractivity contribution is 6.25. The number of benzene rings is 1. The highest BCUT2D eigenvalue weighted by Crippen LogP contribution is 2.34. The molecule has 6 heteroatoms. The molecule has 1 aliphatic heterocycles. The quantitative estimate of drug-likeness (QED) is 0.818. The minimum absolute atomic E-state index is 0.114. The highest BCUT2D eigenvalue weighted by Gasteiger charge is 2.42. The molecule has 1 heterocycles. The average molecular weight is 354 g/mol. The Kier molecular flexibility index (Phi) is 4.84. The van der Waals surface area contributed by atoms with Crippen LogP contribution in [-0.4, -0.2) is 46.6 Å². The van der Waals surface area contributed by atoms with E-state index in [0.717, 1.165) is 0 Å². The lowest BCUT2D eigenvalue weighted by Crippen LogP contribution is -2.48. The maximum atomic E-state index is 13.1. The van der Waals surface area contributed by atoms with Crippen LogP contribution in [0.3, 0.4) is 0 Å². The van der Waals surface area contributed by atoms with Gasteiger partial charge in [-0.3, -0.25) is 9.59 Å². The second-order valence-corrected chi connectivity index (χ2v) is 6.32. The molecule has 2 N–H and O–H groups in total. The Bertz CT molecular complexity index is 823. The molecule has 2 amide bonds. The van der Waals surface area contributed by atoms with Gasteiger partial charge in [0.1, 0.15) is 17.1 Å². The molecule has 1 atom stereocenters. The molecule has 0 aromatic heterocycles. The monoisotopic (exact) mass is 354 g/mol. The van der Waals surface area contributed by atoms with Crippen LogP contribution in [0.4, 0.5) is 5.69 Å². The first kappa shape index (κ1) is 17.8. The average Bonchev–Trinajstić information content (AvgIpc) is 2.83. The van der Waals surface area contributed by atoms with Crippen LogP contribution in [0.5, 0.6) is 0 Å². The van der Waals surface area contributed by atoms with Crippen molar-refractivity contribution in [1.29, 1.82) is 0 Å². The third-order valence-electron chi connectivity index (χ3n) is 4.83. The van der Waals surface area contributed by atoms with Crippen LogP contribution >= 0.6 is 0 Å². The molecule has 3 rings (SSSR count). The van der Waals surface area contributed by atoms with Gasteiger partial charge in [-0.1, -0.05) is 24.3 Å². The summed E-state index contributed by atoms with van der Waals surface area (Å²) in [5.74, 6) is -1.66. The molecule has 2 aliphatic rings. The van der Waals surface area contributed by atoms with E-state index in [0.29, 0.717) is 25.1 Å². The summed E-state index contributed by atoms with van der Waals surface area (Å²) in [5.41, 5.74) is 0.552. The fourth-order valence-corrected chi connectivity index (χ4v) is 3.45. The van der Waals surface area contributed by atoms with Gasteiger partial charge >= 0.3 is 0 Å². The maximum Gasteiger partial charge on any atom is 0.267 e. The fraction of sp³-hybridized carbons (Fsp3) is 0.300. The number of allylic oxidation sites excluding steroid dienone is 2. The number of amides is 2. The minimum Gasteiger partial charge on any atom is -0.507 e. The molecular weight excluding hydrogens is 332 g/mol. The first-order chi connectivity index (χ1) is 12.5. The summed E-state index contributed by atoms with van der Waals surface area (Å²) < 4.78 is 0. The number of rotatable bonds is 3. The molecule has 0 radical (unpaired) electrons. The van der Waals surface area contributed by atoms with E-state index in [1.807, 2.05) is 6.07 Å². The van der Waals surface area contributed by atoms with E-state index in [1.54, 1.807) is 44.3 Å². The van der Waals surface area contributed by atoms with Crippen LogP contribution in [0.15, 0.2) is 65.1 Å². The Morgan fingerprint density at radius 1 is 1.27 bits per heavy atom. The van der Waals surface area contributed by atoms with Gasteiger partial charge in [0.15, 0.2) is 0 Å². The van der Waals surface area contributed by atoms with Gasteiger partial charge in [-0.05, 0) is 38.0 Å². The van der Waals surface area contributed by atoms with E-state index in [-0.39, 0.29) is 16.9 Å². The van der Waals surface area contributed by atoms with Crippen LogP contribution in [-0.2, 0) is 9.59 Å². The predicted octanol–water partition coefficient (Wildman–Crippen LogP) is 2.85. The highest BCUT2D eigenvalue weighted by atomic mass is 16.3. The van der Waals surface area contributed by atoms with Gasteiger partial charge in [-0.25, -0.2) is 0 Å². The molecule has 0 saturated heterocycles. The Morgan fingerprint density at radius 2 is 1.96 bits per heavy atom. The number of hydrogen-bond acceptors (Lipinski definition) is 4. The van der Waals surface area contributed by atoms with Crippen molar-refractivity contribution in [2.24, 2.45) is 0 Å². The molecule has 0 bridgehead atoms. The summed E-state index contributed by atoms with van der Waals surface area (Å²) in [5, 5.41) is 21.0. The number of likely N-dealkylation sites (N-methyl/N-ethyl adjacent to an activating group) is 2. The summed E-state index contributed by atoms with van der Waals surface area (Å²) in [4.78, 5) is 28.8. The van der Waals surface area contributed by atoms with E-state index in [9.17, 15) is 19.8 Å². The largest absolute Gasteiger partial charge is 0.507 e. The number of fused-ring (bicyclic) bond motifs is 1. The first-order valence-corrected chi connectivity index (χ1v) is 8.64. The fourth-order valence-electron chi connectivity index (χ4n) is 3.45. The van der Waals surface area contributed by atoms with Crippen molar-refractivity contribution in [2.45, 2.75) is 25.8 Å². The summed E-state index contributed by atoms with van der Waals surface area (Å²) in [6.45, 7) is 2.14. The van der Waals surface area contributed by atoms with Crippen LogP contribution < -0.4 is 4.90 Å². The topological polar surface area (TPSA) is 81.1 Å². The van der Waals surface area contributed by atoms with Crippen molar-refractivity contribution in [2.75, 3.05) is 18.5 Å². The Hall–Kier alpha value is -3.02. The molecule has 26 heavy (non-hydrogen) atoms. The molecule has 0 spiro atoms. The number of carbonyl (C=O) groups excluding carboxylic acids is 2. The zero-order chi connectivity index (χ0) is 18.8. The van der Waals surface area contributed by atoms with E-state index in [2.05, 4.69) is 0 Å². The zero-order valence-corrected chi connectivity index (χ0v) is 14.8. The number of anilines is 1. The van der Waals surface area contributed by atoms with Crippen LogP contribution in [0.2, 0.25) is 0 Å². The molecule has 6 nitrogen and oxygen atoms in total. The van der Waals surface area contributed by atoms with E-state index < -0.39 is 23.6 Å².